The molecule has 1 aromatic heterocycles. The highest BCUT2D eigenvalue weighted by Crippen LogP contribution is 2.31. The van der Waals surface area contributed by atoms with Crippen molar-refractivity contribution < 1.29 is 19.7 Å². The fourth-order valence-corrected chi connectivity index (χ4v) is 4.74. The molecule has 7 nitrogen and oxygen atoms in total. The van der Waals surface area contributed by atoms with E-state index in [-0.39, 0.29) is 17.4 Å². The maximum atomic E-state index is 11.9. The summed E-state index contributed by atoms with van der Waals surface area (Å²) in [6.07, 6.45) is 3.12. The second-order valence-corrected chi connectivity index (χ2v) is 8.52. The number of ether oxygens (including phenoxy) is 1. The van der Waals surface area contributed by atoms with Gasteiger partial charge in [-0.15, -0.1) is 0 Å². The molecule has 1 aliphatic rings. The molecule has 1 aliphatic carbocycles. The first-order valence-electron chi connectivity index (χ1n) is 11.5. The van der Waals surface area contributed by atoms with Crippen LogP contribution in [0.25, 0.3) is 10.9 Å². The Morgan fingerprint density at radius 2 is 1.79 bits per heavy atom. The van der Waals surface area contributed by atoms with E-state index in [1.54, 1.807) is 12.1 Å². The molecule has 2 aromatic carbocycles. The van der Waals surface area contributed by atoms with Crippen molar-refractivity contribution in [2.75, 3.05) is 13.2 Å². The Morgan fingerprint density at radius 1 is 1.12 bits per heavy atom. The van der Waals surface area contributed by atoms with E-state index in [4.69, 9.17) is 9.84 Å². The van der Waals surface area contributed by atoms with Gasteiger partial charge in [0.1, 0.15) is 6.61 Å². The minimum Gasteiger partial charge on any atom is -0.423 e. The number of esters is 1. The molecule has 1 atom stereocenters. The van der Waals surface area contributed by atoms with Crippen LogP contribution in [-0.4, -0.2) is 40.4 Å². The Labute approximate surface area is 192 Å². The molecule has 33 heavy (non-hydrogen) atoms. The van der Waals surface area contributed by atoms with Gasteiger partial charge < -0.3 is 25.3 Å². The third-order valence-electron chi connectivity index (χ3n) is 6.42. The van der Waals surface area contributed by atoms with Gasteiger partial charge in [0.15, 0.2) is 5.75 Å². The molecule has 0 fully saturated rings. The Balaban J connectivity index is 1.50. The zero-order chi connectivity index (χ0) is 23.5. The Bertz CT molecular complexity index is 1200. The summed E-state index contributed by atoms with van der Waals surface area (Å²) in [5, 5.41) is 24.0. The molecule has 0 bridgehead atoms. The molecule has 1 unspecified atom stereocenters. The second kappa shape index (κ2) is 9.87. The first-order chi connectivity index (χ1) is 15.9. The summed E-state index contributed by atoms with van der Waals surface area (Å²) in [5.74, 6) is -0.690. The molecule has 0 saturated heterocycles. The predicted octanol–water partition coefficient (Wildman–Crippen LogP) is 2.34. The van der Waals surface area contributed by atoms with Gasteiger partial charge in [0.2, 0.25) is 5.56 Å². The van der Waals surface area contributed by atoms with Crippen LogP contribution in [0.3, 0.4) is 0 Å². The number of aryl methyl sites for hydroxylation is 2. The van der Waals surface area contributed by atoms with Crippen LogP contribution in [0.15, 0.2) is 41.2 Å². The van der Waals surface area contributed by atoms with Crippen molar-refractivity contribution in [3.05, 3.63) is 74.6 Å². The topological polar surface area (TPSA) is 112 Å². The van der Waals surface area contributed by atoms with Gasteiger partial charge in [0.05, 0.1) is 11.6 Å². The highest BCUT2D eigenvalue weighted by atomic mass is 16.5. The zero-order valence-corrected chi connectivity index (χ0v) is 19.0. The van der Waals surface area contributed by atoms with Crippen molar-refractivity contribution in [3.8, 4) is 5.75 Å². The van der Waals surface area contributed by atoms with E-state index in [9.17, 15) is 14.7 Å². The average molecular weight is 451 g/mol. The number of pyridine rings is 1. The molecule has 0 aliphatic heterocycles. The predicted molar refractivity (Wildman–Crippen MR) is 127 cm³/mol. The summed E-state index contributed by atoms with van der Waals surface area (Å²) in [7, 11) is 0. The maximum Gasteiger partial charge on any atom is 0.337 e. The van der Waals surface area contributed by atoms with Crippen LogP contribution in [0, 0.1) is 0 Å². The lowest BCUT2D eigenvalue weighted by Gasteiger charge is -2.19. The number of nitrogens with one attached hydrogen (secondary N) is 2. The largest absolute Gasteiger partial charge is 0.423 e. The molecule has 0 radical (unpaired) electrons. The molecule has 4 N–H and O–H groups in total. The highest BCUT2D eigenvalue weighted by Gasteiger charge is 2.24. The normalized spacial score (nSPS) is 14.4. The standard InChI is InChI=1S/C26H30N2O5/c1-3-15-9-17-11-19(12-18(17)10-16(15)4-2)27-13-22(30)20-5-7-23(33-25(32)14-29)26-21(20)6-8-24(31)28-26/h5-10,19,22,27,29-30H,3-4,11-14H2,1-2H3,(H,28,31). The molecule has 7 heteroatoms. The number of aromatic amines is 1. The van der Waals surface area contributed by atoms with Gasteiger partial charge in [-0.05, 0) is 65.6 Å². The monoisotopic (exact) mass is 450 g/mol. The molecule has 0 spiro atoms. The number of H-pyrrole nitrogens is 1. The van der Waals surface area contributed by atoms with Crippen molar-refractivity contribution in [2.45, 2.75) is 51.7 Å². The minimum absolute atomic E-state index is 0.135. The number of carbonyl (C=O) groups excluding carboxylic acids is 1. The van der Waals surface area contributed by atoms with Crippen LogP contribution in [0.2, 0.25) is 0 Å². The van der Waals surface area contributed by atoms with E-state index in [1.165, 1.54) is 34.4 Å². The van der Waals surface area contributed by atoms with E-state index in [1.807, 2.05) is 0 Å². The number of aliphatic hydroxyl groups excluding tert-OH is 2. The SMILES string of the molecule is CCc1cc2c(cc1CC)CC(NCC(O)c1ccc(OC(=O)CO)c3[nH]c(=O)ccc13)C2. The van der Waals surface area contributed by atoms with Crippen LogP contribution >= 0.6 is 0 Å². The minimum atomic E-state index is -0.825. The summed E-state index contributed by atoms with van der Waals surface area (Å²) >= 11 is 0. The molecule has 1 heterocycles. The summed E-state index contributed by atoms with van der Waals surface area (Å²) in [5.41, 5.74) is 6.18. The number of aliphatic hydroxyl groups is 2. The van der Waals surface area contributed by atoms with E-state index in [0.717, 1.165) is 25.7 Å². The van der Waals surface area contributed by atoms with Crippen molar-refractivity contribution in [1.82, 2.24) is 10.3 Å². The quantitative estimate of drug-likeness (QED) is 0.310. The lowest BCUT2D eigenvalue weighted by molar-refractivity contribution is -0.137. The molecule has 0 amide bonds. The average Bonchev–Trinajstić information content (AvgIpc) is 3.23. The van der Waals surface area contributed by atoms with E-state index >= 15 is 0 Å². The summed E-state index contributed by atoms with van der Waals surface area (Å²) < 4.78 is 5.12. The maximum absolute atomic E-state index is 11.9. The second-order valence-electron chi connectivity index (χ2n) is 8.52. The van der Waals surface area contributed by atoms with E-state index in [2.05, 4.69) is 36.3 Å². The summed E-state index contributed by atoms with van der Waals surface area (Å²) in [4.78, 5) is 26.0. The van der Waals surface area contributed by atoms with Crippen LogP contribution in [0.4, 0.5) is 0 Å². The molecular formula is C26H30N2O5. The number of rotatable bonds is 8. The first-order valence-corrected chi connectivity index (χ1v) is 11.5. The lowest BCUT2D eigenvalue weighted by atomic mass is 9.97. The van der Waals surface area contributed by atoms with Crippen molar-refractivity contribution in [2.24, 2.45) is 0 Å². The van der Waals surface area contributed by atoms with E-state index < -0.39 is 18.7 Å². The summed E-state index contributed by atoms with van der Waals surface area (Å²) in [6.45, 7) is 3.96. The fourth-order valence-electron chi connectivity index (χ4n) is 4.74. The van der Waals surface area contributed by atoms with Gasteiger partial charge in [0.25, 0.3) is 0 Å². The Hall–Kier alpha value is -3.00. The summed E-state index contributed by atoms with van der Waals surface area (Å²) in [6, 6.07) is 11.1. The molecular weight excluding hydrogens is 420 g/mol. The van der Waals surface area contributed by atoms with Gasteiger partial charge in [-0.1, -0.05) is 32.0 Å². The Morgan fingerprint density at radius 3 is 2.39 bits per heavy atom. The van der Waals surface area contributed by atoms with Crippen molar-refractivity contribution in [3.63, 3.8) is 0 Å². The molecule has 174 valence electrons. The zero-order valence-electron chi connectivity index (χ0n) is 19.0. The number of hydrogen-bond donors (Lipinski definition) is 4. The van der Waals surface area contributed by atoms with Gasteiger partial charge in [-0.3, -0.25) is 4.79 Å². The van der Waals surface area contributed by atoms with Crippen LogP contribution in [0.5, 0.6) is 5.75 Å². The highest BCUT2D eigenvalue weighted by molar-refractivity contribution is 5.90. The Kier molecular flexibility index (Phi) is 6.93. The first kappa shape index (κ1) is 23.2. The number of aromatic nitrogens is 1. The van der Waals surface area contributed by atoms with Crippen molar-refractivity contribution in [1.29, 1.82) is 0 Å². The lowest BCUT2D eigenvalue weighted by Crippen LogP contribution is -2.33. The third kappa shape index (κ3) is 4.85. The number of hydrogen-bond acceptors (Lipinski definition) is 6. The molecule has 4 rings (SSSR count). The number of benzene rings is 2. The number of fused-ring (bicyclic) bond motifs is 2. The van der Waals surface area contributed by atoms with Gasteiger partial charge in [-0.2, -0.15) is 0 Å². The van der Waals surface area contributed by atoms with Crippen LogP contribution < -0.4 is 15.6 Å². The van der Waals surface area contributed by atoms with Crippen molar-refractivity contribution >= 4 is 16.9 Å². The smallest absolute Gasteiger partial charge is 0.337 e. The van der Waals surface area contributed by atoms with Crippen LogP contribution in [-0.2, 0) is 30.5 Å². The fraction of sp³-hybridized carbons (Fsp3) is 0.385. The third-order valence-corrected chi connectivity index (χ3v) is 6.42. The number of carbonyl (C=O) groups is 1. The van der Waals surface area contributed by atoms with Gasteiger partial charge in [-0.25, -0.2) is 4.79 Å². The van der Waals surface area contributed by atoms with Gasteiger partial charge in [0, 0.05) is 24.0 Å². The van der Waals surface area contributed by atoms with E-state index in [0.29, 0.717) is 23.0 Å². The molecule has 3 aromatic rings. The van der Waals surface area contributed by atoms with Gasteiger partial charge >= 0.3 is 5.97 Å². The molecule has 0 saturated carbocycles. The van der Waals surface area contributed by atoms with Crippen LogP contribution in [0.1, 0.15) is 47.8 Å².